The molecule has 2 heterocycles. The number of carbonyl (C=O) groups excluding carboxylic acids is 1. The zero-order chi connectivity index (χ0) is 24.5. The van der Waals surface area contributed by atoms with Gasteiger partial charge in [-0.1, -0.05) is 13.8 Å². The minimum atomic E-state index is -0.454. The predicted octanol–water partition coefficient (Wildman–Crippen LogP) is 4.01. The van der Waals surface area contributed by atoms with E-state index < -0.39 is 4.92 Å². The summed E-state index contributed by atoms with van der Waals surface area (Å²) in [6.07, 6.45) is 2.73. The first-order valence-corrected chi connectivity index (χ1v) is 14.4. The van der Waals surface area contributed by atoms with Crippen LogP contribution in [0.1, 0.15) is 49.0 Å². The Morgan fingerprint density at radius 3 is 2.59 bits per heavy atom. The molecule has 1 N–H and O–H groups in total. The fourth-order valence-electron chi connectivity index (χ4n) is 4.64. The minimum Gasteiger partial charge on any atom is -0.493 e. The number of benzene rings is 1. The number of thioether (sulfide) groups is 2. The Morgan fingerprint density at radius 1 is 1.24 bits per heavy atom. The van der Waals surface area contributed by atoms with E-state index in [1.54, 1.807) is 6.07 Å². The highest BCUT2D eigenvalue weighted by atomic mass is 32.2. The molecule has 10 heteroatoms. The van der Waals surface area contributed by atoms with Crippen LogP contribution in [0.2, 0.25) is 0 Å². The molecule has 1 aromatic rings. The number of likely N-dealkylation sites (tertiary alicyclic amines) is 1. The van der Waals surface area contributed by atoms with Gasteiger partial charge in [-0.05, 0) is 49.3 Å². The van der Waals surface area contributed by atoms with Gasteiger partial charge < -0.3 is 19.9 Å². The first kappa shape index (κ1) is 27.1. The maximum atomic E-state index is 13.5. The van der Waals surface area contributed by atoms with Crippen LogP contribution in [0.3, 0.4) is 0 Å². The quantitative estimate of drug-likeness (QED) is 0.195. The van der Waals surface area contributed by atoms with E-state index in [1.165, 1.54) is 6.07 Å². The van der Waals surface area contributed by atoms with E-state index >= 15 is 0 Å². The zero-order valence-electron chi connectivity index (χ0n) is 20.6. The van der Waals surface area contributed by atoms with Gasteiger partial charge in [-0.25, -0.2) is 0 Å². The number of ether oxygens (including phenoxy) is 1. The number of aryl methyl sites for hydroxylation is 1. The van der Waals surface area contributed by atoms with Crippen LogP contribution in [0.5, 0.6) is 5.75 Å². The Bertz CT molecular complexity index is 829. The van der Waals surface area contributed by atoms with Crippen LogP contribution < -0.4 is 10.1 Å². The molecule has 0 aromatic heterocycles. The predicted molar refractivity (Wildman–Crippen MR) is 141 cm³/mol. The molecule has 2 aliphatic rings. The smallest absolute Gasteiger partial charge is 0.285 e. The minimum absolute atomic E-state index is 0.100. The Kier molecular flexibility index (Phi) is 10.8. The van der Waals surface area contributed by atoms with Gasteiger partial charge in [0, 0.05) is 39.3 Å². The number of nitrogens with one attached hydrogen (secondary N) is 1. The van der Waals surface area contributed by atoms with Gasteiger partial charge in [-0.15, -0.1) is 23.5 Å². The summed E-state index contributed by atoms with van der Waals surface area (Å²) in [7, 11) is 0. The highest BCUT2D eigenvalue weighted by Crippen LogP contribution is 2.37. The number of amides is 1. The van der Waals surface area contributed by atoms with E-state index in [4.69, 9.17) is 4.74 Å². The third-order valence-corrected chi connectivity index (χ3v) is 9.11. The molecule has 1 aromatic carbocycles. The number of nitro groups is 1. The zero-order valence-corrected chi connectivity index (χ0v) is 22.2. The topological polar surface area (TPSA) is 88.0 Å². The summed E-state index contributed by atoms with van der Waals surface area (Å²) in [5.74, 6) is 2.22. The van der Waals surface area contributed by atoms with Gasteiger partial charge in [0.15, 0.2) is 0 Å². The van der Waals surface area contributed by atoms with Gasteiger partial charge in [-0.2, -0.15) is 0 Å². The van der Waals surface area contributed by atoms with E-state index in [1.807, 2.05) is 35.3 Å². The number of rotatable bonds is 12. The summed E-state index contributed by atoms with van der Waals surface area (Å²) in [6.45, 7) is 12.3. The van der Waals surface area contributed by atoms with E-state index in [0.29, 0.717) is 23.5 Å². The largest absolute Gasteiger partial charge is 0.493 e. The molecule has 2 fully saturated rings. The Balaban J connectivity index is 1.71. The van der Waals surface area contributed by atoms with Crippen LogP contribution in [0.15, 0.2) is 12.1 Å². The lowest BCUT2D eigenvalue weighted by Crippen LogP contribution is -2.43. The van der Waals surface area contributed by atoms with Crippen molar-refractivity contribution in [1.29, 1.82) is 0 Å². The summed E-state index contributed by atoms with van der Waals surface area (Å²) in [5.41, 5.74) is 0.764. The standard InChI is InChI=1S/C24H38N4O4S2/c1-4-33-24(34-5-2)20-8-6-12-27(20)23(29)19-16-18(3)22(17-21(19)28(30)31)32-15-7-11-26-13-9-25-10-14-26/h16-17,20,24-25H,4-15H2,1-3H3/t20-/m0/s1. The van der Waals surface area contributed by atoms with E-state index in [-0.39, 0.29) is 23.2 Å². The second-order valence-electron chi connectivity index (χ2n) is 8.67. The SMILES string of the molecule is CCSC(SCC)[C@@H]1CCCN1C(=O)c1cc(C)c(OCCCN2CCNCC2)cc1[N+](=O)[O-]. The highest BCUT2D eigenvalue weighted by Gasteiger charge is 2.37. The fourth-order valence-corrected chi connectivity index (χ4v) is 7.51. The number of nitro benzene ring substituents is 1. The van der Waals surface area contributed by atoms with Crippen LogP contribution in [0.4, 0.5) is 5.69 Å². The number of nitrogens with zero attached hydrogens (tertiary/aromatic N) is 3. The Morgan fingerprint density at radius 2 is 1.94 bits per heavy atom. The first-order valence-electron chi connectivity index (χ1n) is 12.3. The number of hydrogen-bond acceptors (Lipinski definition) is 8. The van der Waals surface area contributed by atoms with Crippen molar-refractivity contribution in [1.82, 2.24) is 15.1 Å². The van der Waals surface area contributed by atoms with Gasteiger partial charge in [0.1, 0.15) is 11.3 Å². The molecule has 0 unspecified atom stereocenters. The summed E-state index contributed by atoms with van der Waals surface area (Å²) in [5, 5.41) is 15.3. The van der Waals surface area contributed by atoms with Crippen molar-refractivity contribution in [3.05, 3.63) is 33.4 Å². The van der Waals surface area contributed by atoms with Crippen molar-refractivity contribution < 1.29 is 14.5 Å². The van der Waals surface area contributed by atoms with Gasteiger partial charge in [-0.3, -0.25) is 14.9 Å². The summed E-state index contributed by atoms with van der Waals surface area (Å²) < 4.78 is 6.22. The Labute approximate surface area is 211 Å². The van der Waals surface area contributed by atoms with E-state index in [2.05, 4.69) is 24.1 Å². The second-order valence-corrected chi connectivity index (χ2v) is 11.8. The van der Waals surface area contributed by atoms with Crippen LogP contribution in [-0.4, -0.2) is 88.6 Å². The van der Waals surface area contributed by atoms with E-state index in [0.717, 1.165) is 69.1 Å². The van der Waals surface area contributed by atoms with Gasteiger partial charge in [0.25, 0.3) is 11.6 Å². The molecule has 0 aliphatic carbocycles. The molecule has 1 amide bonds. The maximum absolute atomic E-state index is 13.5. The molecule has 1 atom stereocenters. The lowest BCUT2D eigenvalue weighted by molar-refractivity contribution is -0.385. The molecular weight excluding hydrogens is 472 g/mol. The average molecular weight is 511 g/mol. The normalized spacial score (nSPS) is 19.1. The molecule has 190 valence electrons. The third kappa shape index (κ3) is 7.02. The third-order valence-electron chi connectivity index (χ3n) is 6.34. The van der Waals surface area contributed by atoms with Crippen molar-refractivity contribution in [2.45, 2.75) is 50.7 Å². The van der Waals surface area contributed by atoms with Crippen molar-refractivity contribution >= 4 is 35.1 Å². The van der Waals surface area contributed by atoms with Crippen molar-refractivity contribution in [2.75, 3.05) is 57.4 Å². The van der Waals surface area contributed by atoms with Gasteiger partial charge in [0.05, 0.1) is 28.2 Å². The molecular formula is C24H38N4O4S2. The molecule has 3 rings (SSSR count). The Hall–Kier alpha value is -1.49. The molecule has 8 nitrogen and oxygen atoms in total. The molecule has 2 saturated heterocycles. The molecule has 2 aliphatic heterocycles. The van der Waals surface area contributed by atoms with Crippen LogP contribution in [-0.2, 0) is 0 Å². The average Bonchev–Trinajstić information content (AvgIpc) is 3.32. The van der Waals surface area contributed by atoms with Gasteiger partial charge >= 0.3 is 0 Å². The molecule has 34 heavy (non-hydrogen) atoms. The van der Waals surface area contributed by atoms with Crippen LogP contribution in [0, 0.1) is 17.0 Å². The summed E-state index contributed by atoms with van der Waals surface area (Å²) in [6, 6.07) is 3.19. The second kappa shape index (κ2) is 13.6. The monoisotopic (exact) mass is 510 g/mol. The lowest BCUT2D eigenvalue weighted by Gasteiger charge is -2.31. The van der Waals surface area contributed by atoms with Crippen molar-refractivity contribution in [3.8, 4) is 5.75 Å². The fraction of sp³-hybridized carbons (Fsp3) is 0.708. The highest BCUT2D eigenvalue weighted by molar-refractivity contribution is 8.17. The number of hydrogen-bond donors (Lipinski definition) is 1. The van der Waals surface area contributed by atoms with Crippen LogP contribution in [0.25, 0.3) is 0 Å². The maximum Gasteiger partial charge on any atom is 0.285 e. The molecule has 0 spiro atoms. The first-order chi connectivity index (χ1) is 16.5. The molecule has 0 saturated carbocycles. The van der Waals surface area contributed by atoms with E-state index in [9.17, 15) is 14.9 Å². The lowest BCUT2D eigenvalue weighted by atomic mass is 10.1. The van der Waals surface area contributed by atoms with Crippen molar-refractivity contribution in [3.63, 3.8) is 0 Å². The molecule has 0 bridgehead atoms. The number of piperazine rings is 1. The van der Waals surface area contributed by atoms with Crippen LogP contribution >= 0.6 is 23.5 Å². The number of carbonyl (C=O) groups is 1. The summed E-state index contributed by atoms with van der Waals surface area (Å²) in [4.78, 5) is 29.3. The van der Waals surface area contributed by atoms with Gasteiger partial charge in [0.2, 0.25) is 0 Å². The van der Waals surface area contributed by atoms with Crippen molar-refractivity contribution in [2.24, 2.45) is 0 Å². The molecule has 0 radical (unpaired) electrons. The summed E-state index contributed by atoms with van der Waals surface area (Å²) >= 11 is 3.72.